The van der Waals surface area contributed by atoms with Gasteiger partial charge in [-0.25, -0.2) is 0 Å². The van der Waals surface area contributed by atoms with E-state index in [1.54, 1.807) is 6.92 Å². The number of rotatable bonds is 9. The van der Waals surface area contributed by atoms with Crippen molar-refractivity contribution in [2.75, 3.05) is 0 Å². The number of aryl methyl sites for hydroxylation is 1. The van der Waals surface area contributed by atoms with E-state index in [1.807, 2.05) is 29.1 Å². The topological polar surface area (TPSA) is 65.6 Å². The van der Waals surface area contributed by atoms with Gasteiger partial charge in [-0.2, -0.15) is 0 Å². The molecule has 4 heteroatoms. The molecule has 3 N–H and O–H groups in total. The van der Waals surface area contributed by atoms with E-state index in [-0.39, 0.29) is 12.2 Å². The van der Waals surface area contributed by atoms with Gasteiger partial charge in [-0.15, -0.1) is 0 Å². The van der Waals surface area contributed by atoms with Crippen LogP contribution in [0.2, 0.25) is 0 Å². The molecule has 104 valence electrons. The summed E-state index contributed by atoms with van der Waals surface area (Å²) in [5.74, 6) is 0. The molecule has 3 atom stereocenters. The molecule has 0 aliphatic carbocycles. The lowest BCUT2D eigenvalue weighted by Gasteiger charge is -2.15. The third-order valence-electron chi connectivity index (χ3n) is 3.14. The number of hydrogen-bond donors (Lipinski definition) is 3. The van der Waals surface area contributed by atoms with Gasteiger partial charge >= 0.3 is 0 Å². The van der Waals surface area contributed by atoms with Crippen molar-refractivity contribution in [3.8, 4) is 0 Å². The molecule has 0 saturated heterocycles. The molecule has 0 spiro atoms. The first-order valence-electron chi connectivity index (χ1n) is 6.73. The fraction of sp³-hybridized carbons (Fsp3) is 0.714. The molecule has 0 aromatic carbocycles. The normalized spacial score (nSPS) is 16.4. The zero-order valence-electron chi connectivity index (χ0n) is 11.1. The quantitative estimate of drug-likeness (QED) is 0.627. The van der Waals surface area contributed by atoms with Crippen molar-refractivity contribution in [2.24, 2.45) is 0 Å². The number of aliphatic hydroxyl groups is 3. The fourth-order valence-corrected chi connectivity index (χ4v) is 1.92. The van der Waals surface area contributed by atoms with Crippen molar-refractivity contribution in [3.63, 3.8) is 0 Å². The molecule has 4 nitrogen and oxygen atoms in total. The van der Waals surface area contributed by atoms with Gasteiger partial charge in [0.2, 0.25) is 0 Å². The highest BCUT2D eigenvalue weighted by Gasteiger charge is 2.10. The van der Waals surface area contributed by atoms with E-state index in [0.29, 0.717) is 32.1 Å². The van der Waals surface area contributed by atoms with Crippen molar-refractivity contribution >= 4 is 0 Å². The summed E-state index contributed by atoms with van der Waals surface area (Å²) in [6.07, 6.45) is 5.93. The lowest BCUT2D eigenvalue weighted by atomic mass is 10.0. The van der Waals surface area contributed by atoms with Gasteiger partial charge in [0.25, 0.3) is 0 Å². The van der Waals surface area contributed by atoms with Crippen LogP contribution in [0, 0.1) is 0 Å². The van der Waals surface area contributed by atoms with E-state index in [2.05, 4.69) is 0 Å². The molecule has 3 unspecified atom stereocenters. The Hall–Kier alpha value is -0.840. The first kappa shape index (κ1) is 15.2. The average Bonchev–Trinajstić information content (AvgIpc) is 2.84. The Morgan fingerprint density at radius 2 is 1.33 bits per heavy atom. The Labute approximate surface area is 109 Å². The third kappa shape index (κ3) is 6.79. The zero-order valence-corrected chi connectivity index (χ0v) is 11.1. The van der Waals surface area contributed by atoms with Gasteiger partial charge in [0.1, 0.15) is 0 Å². The summed E-state index contributed by atoms with van der Waals surface area (Å²) in [4.78, 5) is 0. The second kappa shape index (κ2) is 8.29. The lowest BCUT2D eigenvalue weighted by molar-refractivity contribution is 0.0880. The molecule has 0 amide bonds. The summed E-state index contributed by atoms with van der Waals surface area (Å²) in [5.41, 5.74) is 0. The number of aliphatic hydroxyl groups excluding tert-OH is 3. The van der Waals surface area contributed by atoms with E-state index < -0.39 is 6.10 Å². The monoisotopic (exact) mass is 255 g/mol. The highest BCUT2D eigenvalue weighted by atomic mass is 16.3. The lowest BCUT2D eigenvalue weighted by Crippen LogP contribution is -2.16. The predicted molar refractivity (Wildman–Crippen MR) is 71.2 cm³/mol. The molecular weight excluding hydrogens is 230 g/mol. The Bertz CT molecular complexity index is 298. The molecule has 0 aliphatic rings. The van der Waals surface area contributed by atoms with Gasteiger partial charge in [-0.05, 0) is 51.2 Å². The minimum atomic E-state index is -0.416. The van der Waals surface area contributed by atoms with E-state index in [0.717, 1.165) is 6.54 Å². The van der Waals surface area contributed by atoms with Crippen LogP contribution in [0.4, 0.5) is 0 Å². The van der Waals surface area contributed by atoms with Crippen molar-refractivity contribution in [1.82, 2.24) is 4.57 Å². The summed E-state index contributed by atoms with van der Waals surface area (Å²) in [6, 6.07) is 3.93. The highest BCUT2D eigenvalue weighted by Crippen LogP contribution is 2.11. The molecule has 1 rings (SSSR count). The average molecular weight is 255 g/mol. The fourth-order valence-electron chi connectivity index (χ4n) is 1.92. The van der Waals surface area contributed by atoms with Gasteiger partial charge in [-0.3, -0.25) is 0 Å². The predicted octanol–water partition coefficient (Wildman–Crippen LogP) is 1.54. The molecule has 1 aromatic heterocycles. The number of nitrogens with zero attached hydrogens (tertiary/aromatic N) is 1. The summed E-state index contributed by atoms with van der Waals surface area (Å²) < 4.78 is 2.03. The summed E-state index contributed by atoms with van der Waals surface area (Å²) in [7, 11) is 0. The third-order valence-corrected chi connectivity index (χ3v) is 3.14. The molecular formula is C14H25NO3. The summed E-state index contributed by atoms with van der Waals surface area (Å²) in [5, 5.41) is 28.6. The minimum Gasteiger partial charge on any atom is -0.393 e. The van der Waals surface area contributed by atoms with E-state index in [4.69, 9.17) is 5.11 Å². The SMILES string of the molecule is CC(O)CCC(O)CCC(O)CCn1cccc1. The smallest absolute Gasteiger partial charge is 0.0558 e. The van der Waals surface area contributed by atoms with Crippen LogP contribution >= 0.6 is 0 Å². The largest absolute Gasteiger partial charge is 0.393 e. The molecule has 1 heterocycles. The van der Waals surface area contributed by atoms with Crippen molar-refractivity contribution < 1.29 is 15.3 Å². The Kier molecular flexibility index (Phi) is 7.01. The standard InChI is InChI=1S/C14H25NO3/c1-12(16)4-5-13(17)6-7-14(18)8-11-15-9-2-3-10-15/h2-3,9-10,12-14,16-18H,4-8,11H2,1H3. The van der Waals surface area contributed by atoms with Crippen molar-refractivity contribution in [1.29, 1.82) is 0 Å². The highest BCUT2D eigenvalue weighted by molar-refractivity contribution is 4.90. The molecule has 0 bridgehead atoms. The van der Waals surface area contributed by atoms with Gasteiger partial charge in [0, 0.05) is 18.9 Å². The van der Waals surface area contributed by atoms with Crippen LogP contribution in [0.15, 0.2) is 24.5 Å². The summed E-state index contributed by atoms with van der Waals surface area (Å²) >= 11 is 0. The number of aromatic nitrogens is 1. The van der Waals surface area contributed by atoms with Crippen LogP contribution in [-0.4, -0.2) is 38.2 Å². The van der Waals surface area contributed by atoms with Crippen LogP contribution < -0.4 is 0 Å². The Morgan fingerprint density at radius 1 is 0.833 bits per heavy atom. The summed E-state index contributed by atoms with van der Waals surface area (Å²) in [6.45, 7) is 2.52. The van der Waals surface area contributed by atoms with Crippen LogP contribution in [-0.2, 0) is 6.54 Å². The van der Waals surface area contributed by atoms with Gasteiger partial charge in [0.15, 0.2) is 0 Å². The molecule has 0 aliphatic heterocycles. The molecule has 0 saturated carbocycles. The molecule has 0 radical (unpaired) electrons. The minimum absolute atomic E-state index is 0.363. The first-order chi connectivity index (χ1) is 8.58. The molecule has 0 fully saturated rings. The zero-order chi connectivity index (χ0) is 13.4. The van der Waals surface area contributed by atoms with Crippen LogP contribution in [0.3, 0.4) is 0 Å². The number of hydrogen-bond acceptors (Lipinski definition) is 3. The van der Waals surface area contributed by atoms with Crippen LogP contribution in [0.1, 0.15) is 39.0 Å². The Morgan fingerprint density at radius 3 is 1.89 bits per heavy atom. The van der Waals surface area contributed by atoms with Crippen molar-refractivity contribution in [3.05, 3.63) is 24.5 Å². The van der Waals surface area contributed by atoms with Crippen LogP contribution in [0.5, 0.6) is 0 Å². The van der Waals surface area contributed by atoms with E-state index >= 15 is 0 Å². The van der Waals surface area contributed by atoms with Crippen LogP contribution in [0.25, 0.3) is 0 Å². The molecule has 18 heavy (non-hydrogen) atoms. The second-order valence-electron chi connectivity index (χ2n) is 5.02. The maximum absolute atomic E-state index is 9.80. The van der Waals surface area contributed by atoms with Gasteiger partial charge in [0.05, 0.1) is 18.3 Å². The van der Waals surface area contributed by atoms with Gasteiger partial charge < -0.3 is 19.9 Å². The van der Waals surface area contributed by atoms with E-state index in [1.165, 1.54) is 0 Å². The van der Waals surface area contributed by atoms with Crippen molar-refractivity contribution in [2.45, 2.75) is 63.9 Å². The Balaban J connectivity index is 2.07. The van der Waals surface area contributed by atoms with Gasteiger partial charge in [-0.1, -0.05) is 0 Å². The second-order valence-corrected chi connectivity index (χ2v) is 5.02. The maximum Gasteiger partial charge on any atom is 0.0558 e. The first-order valence-corrected chi connectivity index (χ1v) is 6.73. The maximum atomic E-state index is 9.80. The van der Waals surface area contributed by atoms with E-state index in [9.17, 15) is 10.2 Å². The molecule has 1 aromatic rings.